The van der Waals surface area contributed by atoms with Crippen molar-refractivity contribution in [2.75, 3.05) is 20.3 Å². The van der Waals surface area contributed by atoms with E-state index in [4.69, 9.17) is 10.2 Å². The summed E-state index contributed by atoms with van der Waals surface area (Å²) in [6, 6.07) is 0. The van der Waals surface area contributed by atoms with Crippen LogP contribution in [0.15, 0.2) is 0 Å². The Morgan fingerprint density at radius 1 is 1.80 bits per heavy atom. The van der Waals surface area contributed by atoms with Gasteiger partial charge in [-0.25, -0.2) is 4.79 Å². The molecule has 0 aliphatic heterocycles. The predicted molar refractivity (Wildman–Crippen MR) is 33.5 cm³/mol. The van der Waals surface area contributed by atoms with Crippen molar-refractivity contribution < 1.29 is 19.7 Å². The molecule has 0 spiro atoms. The van der Waals surface area contributed by atoms with Crippen molar-refractivity contribution in [2.45, 2.75) is 6.10 Å². The number of nitrogens with one attached hydrogen (secondary N) is 1. The lowest BCUT2D eigenvalue weighted by Crippen LogP contribution is -2.33. The highest BCUT2D eigenvalue weighted by Gasteiger charge is 2.03. The third kappa shape index (κ3) is 4.11. The van der Waals surface area contributed by atoms with Crippen LogP contribution in [0.25, 0.3) is 0 Å². The van der Waals surface area contributed by atoms with Gasteiger partial charge in [0.1, 0.15) is 0 Å². The lowest BCUT2D eigenvalue weighted by Gasteiger charge is -2.06. The maximum absolute atomic E-state index is 10.3. The van der Waals surface area contributed by atoms with Gasteiger partial charge >= 0.3 is 6.09 Å². The largest absolute Gasteiger partial charge is 0.453 e. The van der Waals surface area contributed by atoms with Crippen LogP contribution in [-0.4, -0.2) is 42.7 Å². The van der Waals surface area contributed by atoms with E-state index in [1.807, 2.05) is 0 Å². The maximum atomic E-state index is 10.3. The van der Waals surface area contributed by atoms with Gasteiger partial charge in [0.05, 0.1) is 19.8 Å². The number of aliphatic hydroxyl groups is 2. The van der Waals surface area contributed by atoms with E-state index in [1.54, 1.807) is 0 Å². The molecule has 0 aliphatic rings. The first-order valence-corrected chi connectivity index (χ1v) is 2.81. The van der Waals surface area contributed by atoms with E-state index >= 15 is 0 Å². The van der Waals surface area contributed by atoms with E-state index in [2.05, 4.69) is 10.1 Å². The molecule has 0 aromatic heterocycles. The highest BCUT2D eigenvalue weighted by atomic mass is 16.5. The Labute approximate surface area is 58.6 Å². The Morgan fingerprint density at radius 2 is 2.40 bits per heavy atom. The Kier molecular flexibility index (Phi) is 4.61. The topological polar surface area (TPSA) is 78.8 Å². The molecule has 1 amide bonds. The molecule has 1 atom stereocenters. The predicted octanol–water partition coefficient (Wildman–Crippen LogP) is -1.30. The van der Waals surface area contributed by atoms with Crippen LogP contribution in [0.5, 0.6) is 0 Å². The average molecular weight is 149 g/mol. The SMILES string of the molecule is COC(=O)NC[C@H](O)CO. The summed E-state index contributed by atoms with van der Waals surface area (Å²) >= 11 is 0. The van der Waals surface area contributed by atoms with E-state index in [1.165, 1.54) is 7.11 Å². The number of alkyl carbamates (subject to hydrolysis) is 1. The fraction of sp³-hybridized carbons (Fsp3) is 0.800. The number of carbonyl (C=O) groups excluding carboxylic acids is 1. The molecule has 10 heavy (non-hydrogen) atoms. The van der Waals surface area contributed by atoms with Crippen molar-refractivity contribution in [3.63, 3.8) is 0 Å². The van der Waals surface area contributed by atoms with Gasteiger partial charge in [0, 0.05) is 6.54 Å². The summed E-state index contributed by atoms with van der Waals surface area (Å²) in [5, 5.41) is 19.2. The summed E-state index contributed by atoms with van der Waals surface area (Å²) in [4.78, 5) is 10.3. The number of rotatable bonds is 3. The monoisotopic (exact) mass is 149 g/mol. The van der Waals surface area contributed by atoms with Crippen LogP contribution >= 0.6 is 0 Å². The second-order valence-corrected chi connectivity index (χ2v) is 1.71. The lowest BCUT2D eigenvalue weighted by atomic mass is 10.4. The Hall–Kier alpha value is -0.810. The zero-order chi connectivity index (χ0) is 7.98. The van der Waals surface area contributed by atoms with Crippen molar-refractivity contribution in [1.82, 2.24) is 5.32 Å². The Balaban J connectivity index is 3.26. The zero-order valence-electron chi connectivity index (χ0n) is 5.70. The van der Waals surface area contributed by atoms with Crippen molar-refractivity contribution >= 4 is 6.09 Å². The standard InChI is InChI=1S/C5H11NO4/c1-10-5(9)6-2-4(8)3-7/h4,7-8H,2-3H2,1H3,(H,6,9)/t4-/m0/s1. The number of methoxy groups -OCH3 is 1. The summed E-state index contributed by atoms with van der Waals surface area (Å²) in [5.74, 6) is 0. The van der Waals surface area contributed by atoms with Crippen molar-refractivity contribution in [3.8, 4) is 0 Å². The van der Waals surface area contributed by atoms with E-state index in [9.17, 15) is 4.79 Å². The zero-order valence-corrected chi connectivity index (χ0v) is 5.70. The molecule has 0 radical (unpaired) electrons. The van der Waals surface area contributed by atoms with E-state index in [0.29, 0.717) is 0 Å². The Morgan fingerprint density at radius 3 is 2.80 bits per heavy atom. The molecule has 0 fully saturated rings. The average Bonchev–Trinajstić information content (AvgIpc) is 1.99. The fourth-order valence-electron chi connectivity index (χ4n) is 0.338. The second-order valence-electron chi connectivity index (χ2n) is 1.71. The Bertz CT molecular complexity index is 106. The molecule has 0 heterocycles. The van der Waals surface area contributed by atoms with Gasteiger partial charge in [-0.2, -0.15) is 0 Å². The third-order valence-electron chi connectivity index (χ3n) is 0.878. The quantitative estimate of drug-likeness (QED) is 0.466. The van der Waals surface area contributed by atoms with Crippen molar-refractivity contribution in [3.05, 3.63) is 0 Å². The molecule has 0 rings (SSSR count). The van der Waals surface area contributed by atoms with Crippen LogP contribution in [0, 0.1) is 0 Å². The normalized spacial score (nSPS) is 12.3. The van der Waals surface area contributed by atoms with E-state index in [0.717, 1.165) is 0 Å². The third-order valence-corrected chi connectivity index (χ3v) is 0.878. The van der Waals surface area contributed by atoms with Gasteiger partial charge in [-0.3, -0.25) is 0 Å². The molecule has 0 saturated heterocycles. The first-order chi connectivity index (χ1) is 4.70. The van der Waals surface area contributed by atoms with Gasteiger partial charge in [-0.15, -0.1) is 0 Å². The molecular formula is C5H11NO4. The van der Waals surface area contributed by atoms with Crippen molar-refractivity contribution in [2.24, 2.45) is 0 Å². The highest BCUT2D eigenvalue weighted by Crippen LogP contribution is 1.77. The van der Waals surface area contributed by atoms with Crippen LogP contribution in [0.4, 0.5) is 4.79 Å². The molecule has 3 N–H and O–H groups in total. The second kappa shape index (κ2) is 5.01. The van der Waals surface area contributed by atoms with Gasteiger partial charge in [-0.05, 0) is 0 Å². The summed E-state index contributed by atoms with van der Waals surface area (Å²) in [6.45, 7) is -0.368. The molecule has 0 aromatic rings. The molecular weight excluding hydrogens is 138 g/mol. The number of ether oxygens (including phenoxy) is 1. The van der Waals surface area contributed by atoms with Gasteiger partial charge in [0.15, 0.2) is 0 Å². The molecule has 0 bridgehead atoms. The minimum atomic E-state index is -0.918. The molecule has 60 valence electrons. The van der Waals surface area contributed by atoms with Crippen LogP contribution in [0.1, 0.15) is 0 Å². The number of aliphatic hydroxyl groups excluding tert-OH is 2. The molecule has 5 nitrogen and oxygen atoms in total. The highest BCUT2D eigenvalue weighted by molar-refractivity contribution is 5.66. The number of carbonyl (C=O) groups is 1. The first-order valence-electron chi connectivity index (χ1n) is 2.81. The lowest BCUT2D eigenvalue weighted by molar-refractivity contribution is 0.0914. The van der Waals surface area contributed by atoms with E-state index in [-0.39, 0.29) is 13.2 Å². The number of hydrogen-bond acceptors (Lipinski definition) is 4. The smallest absolute Gasteiger partial charge is 0.406 e. The van der Waals surface area contributed by atoms with Gasteiger partial charge in [0.25, 0.3) is 0 Å². The van der Waals surface area contributed by atoms with E-state index < -0.39 is 12.2 Å². The van der Waals surface area contributed by atoms with Crippen LogP contribution in [-0.2, 0) is 4.74 Å². The van der Waals surface area contributed by atoms with Crippen LogP contribution in [0.2, 0.25) is 0 Å². The van der Waals surface area contributed by atoms with Crippen molar-refractivity contribution in [1.29, 1.82) is 0 Å². The molecule has 0 saturated carbocycles. The number of hydrogen-bond donors (Lipinski definition) is 3. The maximum Gasteiger partial charge on any atom is 0.406 e. The van der Waals surface area contributed by atoms with Gasteiger partial charge in [-0.1, -0.05) is 0 Å². The summed E-state index contributed by atoms with van der Waals surface area (Å²) in [6.07, 6.45) is -1.54. The summed E-state index contributed by atoms with van der Waals surface area (Å²) in [7, 11) is 1.22. The van der Waals surface area contributed by atoms with Crippen LogP contribution < -0.4 is 5.32 Å². The minimum Gasteiger partial charge on any atom is -0.453 e. The summed E-state index contributed by atoms with van der Waals surface area (Å²) < 4.78 is 4.20. The molecule has 0 unspecified atom stereocenters. The molecule has 0 aliphatic carbocycles. The molecule has 5 heteroatoms. The van der Waals surface area contributed by atoms with Crippen LogP contribution in [0.3, 0.4) is 0 Å². The minimum absolute atomic E-state index is 0.00315. The first kappa shape index (κ1) is 9.19. The fourth-order valence-corrected chi connectivity index (χ4v) is 0.338. The molecule has 0 aromatic carbocycles. The van der Waals surface area contributed by atoms with Gasteiger partial charge < -0.3 is 20.3 Å². The number of amides is 1. The van der Waals surface area contributed by atoms with Gasteiger partial charge in [0.2, 0.25) is 0 Å². The summed E-state index contributed by atoms with van der Waals surface area (Å²) in [5.41, 5.74) is 0.